The third kappa shape index (κ3) is 2.76. The molecule has 0 aliphatic carbocycles. The molecular formula is C16H13ClN2O2. The lowest BCUT2D eigenvalue weighted by molar-refractivity contribution is 0.0699. The van der Waals surface area contributed by atoms with Gasteiger partial charge in [0.15, 0.2) is 0 Å². The van der Waals surface area contributed by atoms with Gasteiger partial charge in [0.2, 0.25) is 0 Å². The highest BCUT2D eigenvalue weighted by atomic mass is 35.5. The summed E-state index contributed by atoms with van der Waals surface area (Å²) >= 11 is 5.87. The van der Waals surface area contributed by atoms with Gasteiger partial charge in [0.1, 0.15) is 5.52 Å². The van der Waals surface area contributed by atoms with E-state index in [1.165, 1.54) is 5.56 Å². The van der Waals surface area contributed by atoms with Gasteiger partial charge < -0.3 is 9.67 Å². The number of fused-ring (bicyclic) bond motifs is 1. The Morgan fingerprint density at radius 2 is 1.95 bits per heavy atom. The highest BCUT2D eigenvalue weighted by molar-refractivity contribution is 6.30. The van der Waals surface area contributed by atoms with Crippen LogP contribution in [0.1, 0.15) is 15.9 Å². The fourth-order valence-electron chi connectivity index (χ4n) is 2.34. The third-order valence-electron chi connectivity index (χ3n) is 3.44. The van der Waals surface area contributed by atoms with E-state index in [4.69, 9.17) is 16.7 Å². The third-order valence-corrected chi connectivity index (χ3v) is 3.69. The predicted molar refractivity (Wildman–Crippen MR) is 81.8 cm³/mol. The standard InChI is InChI=1S/C16H13ClN2O2/c17-12-6-4-11(5-7-12)8-9-19-10-18-15-13(16(20)21)2-1-3-14(15)19/h1-7,10H,8-9H2,(H,20,21). The first kappa shape index (κ1) is 13.6. The molecule has 1 aromatic heterocycles. The molecular weight excluding hydrogens is 288 g/mol. The first-order valence-corrected chi connectivity index (χ1v) is 6.94. The number of nitrogens with zero attached hydrogens (tertiary/aromatic N) is 2. The zero-order valence-corrected chi connectivity index (χ0v) is 11.9. The summed E-state index contributed by atoms with van der Waals surface area (Å²) in [5.74, 6) is -0.955. The van der Waals surface area contributed by atoms with Crippen LogP contribution in [0.4, 0.5) is 0 Å². The molecule has 0 unspecified atom stereocenters. The van der Waals surface area contributed by atoms with E-state index in [2.05, 4.69) is 4.98 Å². The number of benzene rings is 2. The minimum absolute atomic E-state index is 0.234. The van der Waals surface area contributed by atoms with Crippen molar-refractivity contribution in [3.05, 3.63) is 64.9 Å². The van der Waals surface area contributed by atoms with Gasteiger partial charge in [-0.25, -0.2) is 9.78 Å². The first-order chi connectivity index (χ1) is 10.1. The highest BCUT2D eigenvalue weighted by Gasteiger charge is 2.12. The number of aromatic carboxylic acids is 1. The van der Waals surface area contributed by atoms with E-state index < -0.39 is 5.97 Å². The highest BCUT2D eigenvalue weighted by Crippen LogP contribution is 2.18. The molecule has 0 aliphatic rings. The fourth-order valence-corrected chi connectivity index (χ4v) is 2.47. The molecule has 5 heteroatoms. The van der Waals surface area contributed by atoms with E-state index in [0.29, 0.717) is 5.52 Å². The van der Waals surface area contributed by atoms with Crippen molar-refractivity contribution in [3.63, 3.8) is 0 Å². The van der Waals surface area contributed by atoms with E-state index in [0.717, 1.165) is 23.5 Å². The summed E-state index contributed by atoms with van der Waals surface area (Å²) in [5, 5.41) is 9.88. The molecule has 0 radical (unpaired) electrons. The molecule has 21 heavy (non-hydrogen) atoms. The Bertz CT molecular complexity index is 794. The van der Waals surface area contributed by atoms with Gasteiger partial charge in [0.25, 0.3) is 0 Å². The second-order valence-electron chi connectivity index (χ2n) is 4.79. The minimum atomic E-state index is -0.955. The second-order valence-corrected chi connectivity index (χ2v) is 5.23. The quantitative estimate of drug-likeness (QED) is 0.800. The van der Waals surface area contributed by atoms with Gasteiger partial charge in [-0.05, 0) is 36.2 Å². The van der Waals surface area contributed by atoms with E-state index in [1.54, 1.807) is 18.5 Å². The maximum absolute atomic E-state index is 11.2. The van der Waals surface area contributed by atoms with Crippen LogP contribution >= 0.6 is 11.6 Å². The Kier molecular flexibility index (Phi) is 3.62. The SMILES string of the molecule is O=C(O)c1cccc2c1ncn2CCc1ccc(Cl)cc1. The van der Waals surface area contributed by atoms with E-state index in [9.17, 15) is 4.79 Å². The van der Waals surface area contributed by atoms with Gasteiger partial charge in [-0.2, -0.15) is 0 Å². The topological polar surface area (TPSA) is 55.1 Å². The minimum Gasteiger partial charge on any atom is -0.478 e. The Hall–Kier alpha value is -2.33. The lowest BCUT2D eigenvalue weighted by Gasteiger charge is -2.05. The van der Waals surface area contributed by atoms with Gasteiger partial charge in [-0.3, -0.25) is 0 Å². The van der Waals surface area contributed by atoms with Crippen molar-refractivity contribution < 1.29 is 9.90 Å². The number of imidazole rings is 1. The molecule has 0 saturated carbocycles. The lowest BCUT2D eigenvalue weighted by atomic mass is 10.1. The average Bonchev–Trinajstić information content (AvgIpc) is 2.89. The van der Waals surface area contributed by atoms with Crippen LogP contribution in [0, 0.1) is 0 Å². The molecule has 4 nitrogen and oxygen atoms in total. The normalized spacial score (nSPS) is 10.9. The van der Waals surface area contributed by atoms with E-state index >= 15 is 0 Å². The van der Waals surface area contributed by atoms with Crippen LogP contribution in [0.15, 0.2) is 48.8 Å². The zero-order valence-electron chi connectivity index (χ0n) is 11.2. The smallest absolute Gasteiger partial charge is 0.337 e. The molecule has 0 fully saturated rings. The number of carbonyl (C=O) groups is 1. The van der Waals surface area contributed by atoms with Gasteiger partial charge in [-0.1, -0.05) is 29.8 Å². The number of rotatable bonds is 4. The molecule has 1 N–H and O–H groups in total. The maximum Gasteiger partial charge on any atom is 0.337 e. The summed E-state index contributed by atoms with van der Waals surface area (Å²) in [7, 11) is 0. The first-order valence-electron chi connectivity index (χ1n) is 6.57. The van der Waals surface area contributed by atoms with Crippen LogP contribution in [-0.4, -0.2) is 20.6 Å². The summed E-state index contributed by atoms with van der Waals surface area (Å²) in [4.78, 5) is 15.4. The summed E-state index contributed by atoms with van der Waals surface area (Å²) in [5.41, 5.74) is 2.78. The predicted octanol–water partition coefficient (Wildman–Crippen LogP) is 3.63. The van der Waals surface area contributed by atoms with Crippen molar-refractivity contribution in [1.29, 1.82) is 0 Å². The number of para-hydroxylation sites is 1. The Labute approximate surface area is 126 Å². The summed E-state index contributed by atoms with van der Waals surface area (Å²) in [6.07, 6.45) is 2.52. The van der Waals surface area contributed by atoms with Gasteiger partial charge in [0.05, 0.1) is 17.4 Å². The number of aryl methyl sites for hydroxylation is 2. The van der Waals surface area contributed by atoms with Crippen molar-refractivity contribution in [2.75, 3.05) is 0 Å². The fraction of sp³-hybridized carbons (Fsp3) is 0.125. The molecule has 3 rings (SSSR count). The van der Waals surface area contributed by atoms with Crippen molar-refractivity contribution in [2.24, 2.45) is 0 Å². The maximum atomic E-state index is 11.2. The monoisotopic (exact) mass is 300 g/mol. The number of hydrogen-bond donors (Lipinski definition) is 1. The van der Waals surface area contributed by atoms with Crippen LogP contribution in [0.25, 0.3) is 11.0 Å². The Morgan fingerprint density at radius 1 is 1.19 bits per heavy atom. The number of aromatic nitrogens is 2. The molecule has 0 atom stereocenters. The van der Waals surface area contributed by atoms with Crippen LogP contribution in [0.3, 0.4) is 0 Å². The van der Waals surface area contributed by atoms with Crippen LogP contribution in [-0.2, 0) is 13.0 Å². The molecule has 0 aliphatic heterocycles. The van der Waals surface area contributed by atoms with Gasteiger partial charge >= 0.3 is 5.97 Å². The molecule has 0 amide bonds. The Balaban J connectivity index is 1.86. The molecule has 0 spiro atoms. The van der Waals surface area contributed by atoms with Crippen molar-refractivity contribution in [1.82, 2.24) is 9.55 Å². The van der Waals surface area contributed by atoms with Gasteiger partial charge in [0, 0.05) is 11.6 Å². The van der Waals surface area contributed by atoms with Crippen molar-refractivity contribution >= 4 is 28.6 Å². The van der Waals surface area contributed by atoms with Gasteiger partial charge in [-0.15, -0.1) is 0 Å². The molecule has 106 valence electrons. The second kappa shape index (κ2) is 5.58. The number of carboxylic acids is 1. The number of hydrogen-bond acceptors (Lipinski definition) is 2. The Morgan fingerprint density at radius 3 is 2.67 bits per heavy atom. The number of carboxylic acid groups (broad SMARTS) is 1. The average molecular weight is 301 g/mol. The van der Waals surface area contributed by atoms with Crippen LogP contribution in [0.2, 0.25) is 5.02 Å². The van der Waals surface area contributed by atoms with Crippen molar-refractivity contribution in [2.45, 2.75) is 13.0 Å². The molecule has 1 heterocycles. The summed E-state index contributed by atoms with van der Waals surface area (Å²) in [6.45, 7) is 0.737. The molecule has 0 bridgehead atoms. The van der Waals surface area contributed by atoms with Crippen LogP contribution < -0.4 is 0 Å². The largest absolute Gasteiger partial charge is 0.478 e. The molecule has 3 aromatic rings. The van der Waals surface area contributed by atoms with E-state index in [1.807, 2.05) is 34.9 Å². The summed E-state index contributed by atoms with van der Waals surface area (Å²) in [6, 6.07) is 12.9. The van der Waals surface area contributed by atoms with Crippen molar-refractivity contribution in [3.8, 4) is 0 Å². The zero-order chi connectivity index (χ0) is 14.8. The number of halogens is 1. The molecule has 0 saturated heterocycles. The van der Waals surface area contributed by atoms with E-state index in [-0.39, 0.29) is 5.56 Å². The van der Waals surface area contributed by atoms with Crippen LogP contribution in [0.5, 0.6) is 0 Å². The lowest BCUT2D eigenvalue weighted by Crippen LogP contribution is -2.01. The summed E-state index contributed by atoms with van der Waals surface area (Å²) < 4.78 is 1.97. The molecule has 2 aromatic carbocycles.